The normalized spacial score (nSPS) is 20.1. The van der Waals surface area contributed by atoms with Gasteiger partial charge in [-0.15, -0.1) is 11.3 Å². The first-order valence-electron chi connectivity index (χ1n) is 7.16. The van der Waals surface area contributed by atoms with Gasteiger partial charge in [-0.25, -0.2) is 4.98 Å². The number of piperidine rings is 1. The summed E-state index contributed by atoms with van der Waals surface area (Å²) in [5, 5.41) is 4.28. The molecule has 1 aromatic heterocycles. The minimum absolute atomic E-state index is 0.0511. The highest BCUT2D eigenvalue weighted by Gasteiger charge is 2.35. The molecule has 2 heterocycles. The molecule has 1 atom stereocenters. The van der Waals surface area contributed by atoms with Crippen molar-refractivity contribution in [1.29, 1.82) is 0 Å². The van der Waals surface area contributed by atoms with Crippen molar-refractivity contribution in [1.82, 2.24) is 10.3 Å². The van der Waals surface area contributed by atoms with Crippen LogP contribution in [0.25, 0.3) is 0 Å². The quantitative estimate of drug-likeness (QED) is 0.902. The molecule has 22 heavy (non-hydrogen) atoms. The summed E-state index contributed by atoms with van der Waals surface area (Å²) in [6.07, 6.45) is -2.91. The van der Waals surface area contributed by atoms with Gasteiger partial charge in [0, 0.05) is 24.0 Å². The standard InChI is InChI=1S/C14H20F3N3OS/c1-13(2,3)19-11(21)9-5-4-6-20(7-9)12-18-10(8-22-12)14(15,16)17/h8-9H,4-7H2,1-3H3,(H,19,21). The van der Waals surface area contributed by atoms with Gasteiger partial charge < -0.3 is 10.2 Å². The monoisotopic (exact) mass is 335 g/mol. The number of alkyl halides is 3. The molecule has 8 heteroatoms. The molecule has 0 spiro atoms. The largest absolute Gasteiger partial charge is 0.434 e. The van der Waals surface area contributed by atoms with Gasteiger partial charge >= 0.3 is 6.18 Å². The van der Waals surface area contributed by atoms with Crippen LogP contribution in [0.2, 0.25) is 0 Å². The minimum atomic E-state index is -4.42. The van der Waals surface area contributed by atoms with Crippen molar-refractivity contribution in [2.24, 2.45) is 5.92 Å². The first kappa shape index (κ1) is 17.1. The topological polar surface area (TPSA) is 45.2 Å². The molecular formula is C14H20F3N3OS. The highest BCUT2D eigenvalue weighted by Crippen LogP contribution is 2.34. The van der Waals surface area contributed by atoms with Crippen LogP contribution in [0.3, 0.4) is 0 Å². The molecule has 1 saturated heterocycles. The lowest BCUT2D eigenvalue weighted by molar-refractivity contribution is -0.140. The van der Waals surface area contributed by atoms with E-state index in [1.54, 1.807) is 4.90 Å². The van der Waals surface area contributed by atoms with Crippen LogP contribution < -0.4 is 10.2 Å². The number of halogens is 3. The predicted octanol–water partition coefficient (Wildman–Crippen LogP) is 3.29. The second-order valence-electron chi connectivity index (χ2n) is 6.54. The fourth-order valence-corrected chi connectivity index (χ4v) is 3.25. The Bertz CT molecular complexity index is 536. The number of nitrogens with zero attached hydrogens (tertiary/aromatic N) is 2. The Balaban J connectivity index is 2.04. The van der Waals surface area contributed by atoms with Crippen molar-refractivity contribution in [2.75, 3.05) is 18.0 Å². The molecule has 0 radical (unpaired) electrons. The molecule has 0 saturated carbocycles. The third-order valence-electron chi connectivity index (χ3n) is 3.34. The average Bonchev–Trinajstić information content (AvgIpc) is 2.86. The van der Waals surface area contributed by atoms with Crippen molar-refractivity contribution in [2.45, 2.75) is 45.3 Å². The summed E-state index contributed by atoms with van der Waals surface area (Å²) in [6, 6.07) is 0. The van der Waals surface area contributed by atoms with E-state index < -0.39 is 11.9 Å². The Morgan fingerprint density at radius 3 is 2.64 bits per heavy atom. The summed E-state index contributed by atoms with van der Waals surface area (Å²) in [6.45, 7) is 6.75. The van der Waals surface area contributed by atoms with Crippen LogP contribution in [0.4, 0.5) is 18.3 Å². The highest BCUT2D eigenvalue weighted by atomic mass is 32.1. The van der Waals surface area contributed by atoms with Crippen molar-refractivity contribution in [3.05, 3.63) is 11.1 Å². The Hall–Kier alpha value is -1.31. The zero-order chi connectivity index (χ0) is 16.5. The lowest BCUT2D eigenvalue weighted by Gasteiger charge is -2.33. The lowest BCUT2D eigenvalue weighted by Crippen LogP contribution is -2.48. The van der Waals surface area contributed by atoms with E-state index in [0.717, 1.165) is 29.6 Å². The second-order valence-corrected chi connectivity index (χ2v) is 7.37. The molecular weight excluding hydrogens is 315 g/mol. The van der Waals surface area contributed by atoms with Gasteiger partial charge in [0.2, 0.25) is 5.91 Å². The molecule has 0 bridgehead atoms. The third-order valence-corrected chi connectivity index (χ3v) is 4.24. The zero-order valence-corrected chi connectivity index (χ0v) is 13.6. The van der Waals surface area contributed by atoms with E-state index in [4.69, 9.17) is 0 Å². The van der Waals surface area contributed by atoms with Crippen molar-refractivity contribution in [3.63, 3.8) is 0 Å². The number of amides is 1. The summed E-state index contributed by atoms with van der Waals surface area (Å²) >= 11 is 0.973. The molecule has 1 N–H and O–H groups in total. The smallest absolute Gasteiger partial charge is 0.351 e. The number of anilines is 1. The second kappa shape index (κ2) is 6.06. The summed E-state index contributed by atoms with van der Waals surface area (Å²) in [7, 11) is 0. The average molecular weight is 335 g/mol. The first-order chi connectivity index (χ1) is 10.1. The Morgan fingerprint density at radius 1 is 1.41 bits per heavy atom. The van der Waals surface area contributed by atoms with Crippen molar-refractivity contribution >= 4 is 22.4 Å². The number of carbonyl (C=O) groups excluding carboxylic acids is 1. The van der Waals surface area contributed by atoms with Crippen LogP contribution in [-0.2, 0) is 11.0 Å². The zero-order valence-electron chi connectivity index (χ0n) is 12.8. The number of aromatic nitrogens is 1. The van der Waals surface area contributed by atoms with E-state index >= 15 is 0 Å². The molecule has 4 nitrogen and oxygen atoms in total. The van der Waals surface area contributed by atoms with Crippen molar-refractivity contribution < 1.29 is 18.0 Å². The minimum Gasteiger partial charge on any atom is -0.351 e. The van der Waals surface area contributed by atoms with Gasteiger partial charge in [-0.05, 0) is 33.6 Å². The Labute approximate surface area is 131 Å². The molecule has 1 aromatic rings. The summed E-state index contributed by atoms with van der Waals surface area (Å²) in [4.78, 5) is 17.7. The summed E-state index contributed by atoms with van der Waals surface area (Å²) < 4.78 is 37.9. The fraction of sp³-hybridized carbons (Fsp3) is 0.714. The highest BCUT2D eigenvalue weighted by molar-refractivity contribution is 7.13. The van der Waals surface area contributed by atoms with Crippen LogP contribution in [0.15, 0.2) is 5.38 Å². The number of nitrogens with one attached hydrogen (secondary N) is 1. The van der Waals surface area contributed by atoms with Gasteiger partial charge in [-0.3, -0.25) is 4.79 Å². The Kier molecular flexibility index (Phi) is 4.70. The number of hydrogen-bond donors (Lipinski definition) is 1. The van der Waals surface area contributed by atoms with E-state index in [2.05, 4.69) is 10.3 Å². The molecule has 1 aliphatic rings. The maximum atomic E-state index is 12.6. The third kappa shape index (κ3) is 4.34. The SMILES string of the molecule is CC(C)(C)NC(=O)C1CCCN(c2nc(C(F)(F)F)cs2)C1. The van der Waals surface area contributed by atoms with E-state index in [1.807, 2.05) is 20.8 Å². The molecule has 1 fully saturated rings. The van der Waals surface area contributed by atoms with Gasteiger partial charge in [-0.1, -0.05) is 0 Å². The number of carbonyl (C=O) groups is 1. The molecule has 0 aliphatic carbocycles. The van der Waals surface area contributed by atoms with E-state index in [0.29, 0.717) is 18.2 Å². The van der Waals surface area contributed by atoms with Crippen LogP contribution in [0, 0.1) is 5.92 Å². The van der Waals surface area contributed by atoms with Gasteiger partial charge in [-0.2, -0.15) is 13.2 Å². The first-order valence-corrected chi connectivity index (χ1v) is 8.04. The molecule has 0 aromatic carbocycles. The number of rotatable bonds is 2. The maximum Gasteiger partial charge on any atom is 0.434 e. The van der Waals surface area contributed by atoms with Gasteiger partial charge in [0.15, 0.2) is 10.8 Å². The molecule has 1 amide bonds. The fourth-order valence-electron chi connectivity index (χ4n) is 2.38. The molecule has 124 valence electrons. The van der Waals surface area contributed by atoms with E-state index in [9.17, 15) is 18.0 Å². The van der Waals surface area contributed by atoms with Crippen molar-refractivity contribution in [3.8, 4) is 0 Å². The number of hydrogen-bond acceptors (Lipinski definition) is 4. The van der Waals surface area contributed by atoms with E-state index in [1.165, 1.54) is 0 Å². The van der Waals surface area contributed by atoms with Crippen LogP contribution in [0.1, 0.15) is 39.3 Å². The van der Waals surface area contributed by atoms with Gasteiger partial charge in [0.05, 0.1) is 5.92 Å². The summed E-state index contributed by atoms with van der Waals surface area (Å²) in [5.74, 6) is -0.268. The molecule has 1 unspecified atom stereocenters. The predicted molar refractivity (Wildman–Crippen MR) is 79.9 cm³/mol. The van der Waals surface area contributed by atoms with Crippen LogP contribution >= 0.6 is 11.3 Å². The Morgan fingerprint density at radius 2 is 2.09 bits per heavy atom. The molecule has 2 rings (SSSR count). The van der Waals surface area contributed by atoms with Gasteiger partial charge in [0.1, 0.15) is 0 Å². The van der Waals surface area contributed by atoms with Gasteiger partial charge in [0.25, 0.3) is 0 Å². The maximum absolute atomic E-state index is 12.6. The summed E-state index contributed by atoms with van der Waals surface area (Å²) in [5.41, 5.74) is -1.18. The van der Waals surface area contributed by atoms with E-state index in [-0.39, 0.29) is 17.4 Å². The number of thiazole rings is 1. The molecule has 1 aliphatic heterocycles. The van der Waals surface area contributed by atoms with Crippen LogP contribution in [0.5, 0.6) is 0 Å². The lowest BCUT2D eigenvalue weighted by atomic mass is 9.96. The van der Waals surface area contributed by atoms with Crippen LogP contribution in [-0.4, -0.2) is 29.5 Å².